The second kappa shape index (κ2) is 8.76. The van der Waals surface area contributed by atoms with Crippen molar-refractivity contribution in [2.24, 2.45) is 0 Å². The average Bonchev–Trinajstić information content (AvgIpc) is 3.03. The first-order valence-corrected chi connectivity index (χ1v) is 10.2. The number of carbonyl (C=O) groups is 2. The Bertz CT molecular complexity index is 862. The molecule has 1 aromatic heterocycles. The lowest BCUT2D eigenvalue weighted by molar-refractivity contribution is 0.0505. The highest BCUT2D eigenvalue weighted by Gasteiger charge is 2.28. The van der Waals surface area contributed by atoms with Crippen LogP contribution in [-0.4, -0.2) is 25.6 Å². The molecule has 1 aromatic carbocycles. The van der Waals surface area contributed by atoms with E-state index >= 15 is 0 Å². The number of thiophene rings is 1. The molecule has 3 rings (SSSR count). The zero-order chi connectivity index (χ0) is 19.4. The molecule has 1 heterocycles. The molecule has 1 aliphatic carbocycles. The van der Waals surface area contributed by atoms with E-state index in [4.69, 9.17) is 21.1 Å². The number of methoxy groups -OCH3 is 1. The molecule has 0 saturated heterocycles. The van der Waals surface area contributed by atoms with Crippen molar-refractivity contribution in [2.75, 3.05) is 19.0 Å². The van der Waals surface area contributed by atoms with Crippen LogP contribution in [0.4, 0.5) is 5.00 Å². The van der Waals surface area contributed by atoms with Gasteiger partial charge in [0.15, 0.2) is 0 Å². The van der Waals surface area contributed by atoms with Gasteiger partial charge in [-0.15, -0.1) is 11.3 Å². The van der Waals surface area contributed by atoms with Crippen LogP contribution in [0.1, 0.15) is 57.3 Å². The quantitative estimate of drug-likeness (QED) is 0.676. The van der Waals surface area contributed by atoms with Gasteiger partial charge < -0.3 is 14.8 Å². The zero-order valence-electron chi connectivity index (χ0n) is 15.4. The van der Waals surface area contributed by atoms with Gasteiger partial charge in [0.1, 0.15) is 10.8 Å². The Morgan fingerprint density at radius 2 is 2.04 bits per heavy atom. The average molecular weight is 408 g/mol. The second-order valence-corrected chi connectivity index (χ2v) is 7.89. The number of aryl methyl sites for hydroxylation is 1. The minimum Gasteiger partial charge on any atom is -0.496 e. The minimum atomic E-state index is -0.371. The topological polar surface area (TPSA) is 64.6 Å². The van der Waals surface area contributed by atoms with Crippen LogP contribution in [0.15, 0.2) is 18.2 Å². The number of anilines is 1. The van der Waals surface area contributed by atoms with Crippen molar-refractivity contribution in [3.8, 4) is 5.75 Å². The maximum absolute atomic E-state index is 12.9. The fraction of sp³-hybridized carbons (Fsp3) is 0.400. The summed E-state index contributed by atoms with van der Waals surface area (Å²) in [6.45, 7) is 2.31. The molecule has 144 valence electrons. The Morgan fingerprint density at radius 3 is 2.78 bits per heavy atom. The maximum Gasteiger partial charge on any atom is 0.341 e. The molecule has 0 atom stereocenters. The van der Waals surface area contributed by atoms with Crippen LogP contribution in [0.2, 0.25) is 5.02 Å². The van der Waals surface area contributed by atoms with Gasteiger partial charge in [-0.05, 0) is 55.9 Å². The summed E-state index contributed by atoms with van der Waals surface area (Å²) < 4.78 is 10.6. The van der Waals surface area contributed by atoms with Crippen molar-refractivity contribution < 1.29 is 19.1 Å². The van der Waals surface area contributed by atoms with Crippen molar-refractivity contribution in [3.63, 3.8) is 0 Å². The Labute approximate surface area is 167 Å². The van der Waals surface area contributed by atoms with Crippen LogP contribution in [0.3, 0.4) is 0 Å². The lowest BCUT2D eigenvalue weighted by Crippen LogP contribution is -2.16. The van der Waals surface area contributed by atoms with Crippen molar-refractivity contribution in [3.05, 3.63) is 44.8 Å². The lowest BCUT2D eigenvalue weighted by Gasteiger charge is -2.13. The molecule has 0 fully saturated rings. The van der Waals surface area contributed by atoms with Crippen LogP contribution in [-0.2, 0) is 17.6 Å². The van der Waals surface area contributed by atoms with Crippen LogP contribution in [0, 0.1) is 0 Å². The van der Waals surface area contributed by atoms with E-state index in [9.17, 15) is 9.59 Å². The molecule has 1 amide bonds. The second-order valence-electron chi connectivity index (χ2n) is 6.35. The highest BCUT2D eigenvalue weighted by Crippen LogP contribution is 2.39. The Kier molecular flexibility index (Phi) is 6.39. The number of nitrogens with one attached hydrogen (secondary N) is 1. The van der Waals surface area contributed by atoms with E-state index in [1.807, 2.05) is 6.92 Å². The molecule has 1 aliphatic rings. The lowest BCUT2D eigenvalue weighted by atomic mass is 9.95. The smallest absolute Gasteiger partial charge is 0.341 e. The van der Waals surface area contributed by atoms with Gasteiger partial charge in [-0.3, -0.25) is 4.79 Å². The van der Waals surface area contributed by atoms with Crippen LogP contribution in [0.5, 0.6) is 5.75 Å². The summed E-state index contributed by atoms with van der Waals surface area (Å²) in [6.07, 6.45) is 4.63. The number of rotatable bonds is 6. The molecule has 0 bridgehead atoms. The van der Waals surface area contributed by atoms with Crippen LogP contribution in [0.25, 0.3) is 0 Å². The molecule has 0 unspecified atom stereocenters. The largest absolute Gasteiger partial charge is 0.496 e. The predicted octanol–water partition coefficient (Wildman–Crippen LogP) is 5.11. The molecule has 0 radical (unpaired) electrons. The van der Waals surface area contributed by atoms with Crippen molar-refractivity contribution in [2.45, 2.75) is 39.0 Å². The number of esters is 1. The predicted molar refractivity (Wildman–Crippen MR) is 107 cm³/mol. The summed E-state index contributed by atoms with van der Waals surface area (Å²) in [5.74, 6) is -0.310. The van der Waals surface area contributed by atoms with Gasteiger partial charge in [0.2, 0.25) is 0 Å². The van der Waals surface area contributed by atoms with Gasteiger partial charge in [0.05, 0.1) is 24.8 Å². The van der Waals surface area contributed by atoms with Crippen LogP contribution < -0.4 is 10.1 Å². The van der Waals surface area contributed by atoms with Gasteiger partial charge in [0, 0.05) is 9.90 Å². The molecule has 1 N–H and O–H groups in total. The summed E-state index contributed by atoms with van der Waals surface area (Å²) in [5, 5.41) is 3.86. The van der Waals surface area contributed by atoms with Gasteiger partial charge in [-0.1, -0.05) is 18.5 Å². The molecule has 7 heteroatoms. The zero-order valence-corrected chi connectivity index (χ0v) is 17.0. The van der Waals surface area contributed by atoms with Gasteiger partial charge in [0.25, 0.3) is 5.91 Å². The molecular weight excluding hydrogens is 386 g/mol. The van der Waals surface area contributed by atoms with Gasteiger partial charge >= 0.3 is 5.97 Å². The van der Waals surface area contributed by atoms with E-state index in [-0.39, 0.29) is 11.9 Å². The van der Waals surface area contributed by atoms with E-state index in [0.717, 1.165) is 42.5 Å². The van der Waals surface area contributed by atoms with Crippen molar-refractivity contribution in [1.29, 1.82) is 0 Å². The van der Waals surface area contributed by atoms with Gasteiger partial charge in [-0.25, -0.2) is 4.79 Å². The van der Waals surface area contributed by atoms with E-state index in [1.54, 1.807) is 18.2 Å². The van der Waals surface area contributed by atoms with Crippen LogP contribution >= 0.6 is 22.9 Å². The number of fused-ring (bicyclic) bond motifs is 1. The Hall–Kier alpha value is -2.05. The van der Waals surface area contributed by atoms with Gasteiger partial charge in [-0.2, -0.15) is 0 Å². The third-order valence-electron chi connectivity index (χ3n) is 4.45. The number of carbonyl (C=O) groups excluding carboxylic acids is 2. The number of benzene rings is 1. The van der Waals surface area contributed by atoms with Crippen molar-refractivity contribution in [1.82, 2.24) is 0 Å². The molecule has 0 aliphatic heterocycles. The first-order valence-electron chi connectivity index (χ1n) is 9.01. The number of amides is 1. The number of hydrogen-bond donors (Lipinski definition) is 1. The third-order valence-corrected chi connectivity index (χ3v) is 5.89. The summed E-state index contributed by atoms with van der Waals surface area (Å²) in [7, 11) is 1.50. The molecule has 2 aromatic rings. The summed E-state index contributed by atoms with van der Waals surface area (Å²) in [6, 6.07) is 4.86. The first kappa shape index (κ1) is 19.7. The SMILES string of the molecule is CCCOC(=O)c1c(NC(=O)c2cc(Cl)ccc2OC)sc2c1CCCC2. The monoisotopic (exact) mass is 407 g/mol. The molecule has 0 saturated carbocycles. The van der Waals surface area contributed by atoms with E-state index < -0.39 is 0 Å². The highest BCUT2D eigenvalue weighted by atomic mass is 35.5. The first-order chi connectivity index (χ1) is 13.0. The fourth-order valence-corrected chi connectivity index (χ4v) is 4.61. The normalized spacial score (nSPS) is 13.0. The summed E-state index contributed by atoms with van der Waals surface area (Å²) in [5.41, 5.74) is 1.84. The molecule has 5 nitrogen and oxygen atoms in total. The van der Waals surface area contributed by atoms with E-state index in [0.29, 0.717) is 33.5 Å². The Balaban J connectivity index is 1.94. The number of halogens is 1. The molecule has 0 spiro atoms. The third kappa shape index (κ3) is 4.28. The number of ether oxygens (including phenoxy) is 2. The molecular formula is C20H22ClNO4S. The van der Waals surface area contributed by atoms with E-state index in [2.05, 4.69) is 5.32 Å². The fourth-order valence-electron chi connectivity index (χ4n) is 3.16. The highest BCUT2D eigenvalue weighted by molar-refractivity contribution is 7.17. The molecule has 27 heavy (non-hydrogen) atoms. The maximum atomic E-state index is 12.9. The Morgan fingerprint density at radius 1 is 1.26 bits per heavy atom. The minimum absolute atomic E-state index is 0.323. The summed E-state index contributed by atoms with van der Waals surface area (Å²) >= 11 is 7.49. The van der Waals surface area contributed by atoms with Crippen molar-refractivity contribution >= 4 is 39.8 Å². The van der Waals surface area contributed by atoms with E-state index in [1.165, 1.54) is 18.4 Å². The number of hydrogen-bond acceptors (Lipinski definition) is 5. The standard InChI is InChI=1S/C20H22ClNO4S/c1-3-10-26-20(24)17-13-6-4-5-7-16(13)27-19(17)22-18(23)14-11-12(21)8-9-15(14)25-2/h8-9,11H,3-7,10H2,1-2H3,(H,22,23). The summed E-state index contributed by atoms with van der Waals surface area (Å²) in [4.78, 5) is 26.6.